The van der Waals surface area contributed by atoms with Crippen LogP contribution in [0.3, 0.4) is 0 Å². The molecule has 0 amide bonds. The molecule has 0 spiro atoms. The smallest absolute Gasteiger partial charge is 0.0396 e. The molecule has 0 aliphatic carbocycles. The van der Waals surface area contributed by atoms with E-state index in [4.69, 9.17) is 0 Å². The fourth-order valence-corrected chi connectivity index (χ4v) is 1.81. The molecule has 0 saturated heterocycles. The summed E-state index contributed by atoms with van der Waals surface area (Å²) >= 11 is 0. The first kappa shape index (κ1) is 27.4. The predicted octanol–water partition coefficient (Wildman–Crippen LogP) is 7.82. The van der Waals surface area contributed by atoms with Gasteiger partial charge in [-0.15, -0.1) is 0 Å². The first-order chi connectivity index (χ1) is 8.22. The Morgan fingerprint density at radius 1 is 0.684 bits per heavy atom. The van der Waals surface area contributed by atoms with Gasteiger partial charge in [0.25, 0.3) is 0 Å². The summed E-state index contributed by atoms with van der Waals surface area (Å²) in [5, 5.41) is 0. The molecule has 0 unspecified atom stereocenters. The zero-order valence-corrected chi connectivity index (χ0v) is 15.1. The Balaban J connectivity index is -0.0000000916. The van der Waals surface area contributed by atoms with Crippen LogP contribution in [0, 0.1) is 23.7 Å². The molecule has 0 nitrogen and oxygen atoms in total. The van der Waals surface area contributed by atoms with Crippen LogP contribution < -0.4 is 0 Å². The molecular formula is C19H46. The van der Waals surface area contributed by atoms with Crippen molar-refractivity contribution in [1.29, 1.82) is 0 Å². The highest BCUT2D eigenvalue weighted by molar-refractivity contribution is 4.57. The SMILES string of the molecule is C.CC(C)C.CCC(CC)C(C)C.CCCC(C)C. The third-order valence-corrected chi connectivity index (χ3v) is 2.86. The molecule has 0 heteroatoms. The summed E-state index contributed by atoms with van der Waals surface area (Å²) in [5.41, 5.74) is 0. The Morgan fingerprint density at radius 3 is 1.00 bits per heavy atom. The van der Waals surface area contributed by atoms with Gasteiger partial charge in [0.15, 0.2) is 0 Å². The molecule has 0 aromatic heterocycles. The van der Waals surface area contributed by atoms with Gasteiger partial charge in [0.1, 0.15) is 0 Å². The lowest BCUT2D eigenvalue weighted by molar-refractivity contribution is 0.362. The molecule has 0 aliphatic heterocycles. The first-order valence-electron chi connectivity index (χ1n) is 8.22. The third-order valence-electron chi connectivity index (χ3n) is 2.86. The van der Waals surface area contributed by atoms with E-state index in [1.807, 2.05) is 0 Å². The van der Waals surface area contributed by atoms with Crippen LogP contribution >= 0.6 is 0 Å². The maximum atomic E-state index is 2.30. The van der Waals surface area contributed by atoms with Crippen molar-refractivity contribution >= 4 is 0 Å². The molecule has 122 valence electrons. The second-order valence-electron chi connectivity index (χ2n) is 6.74. The topological polar surface area (TPSA) is 0 Å². The Kier molecular flexibility index (Phi) is 29.3. The highest BCUT2D eigenvalue weighted by Gasteiger charge is 2.06. The Bertz CT molecular complexity index is 115. The van der Waals surface area contributed by atoms with Gasteiger partial charge in [-0.05, 0) is 23.7 Å². The van der Waals surface area contributed by atoms with Gasteiger partial charge in [0.05, 0.1) is 0 Å². The quantitative estimate of drug-likeness (QED) is 0.479. The van der Waals surface area contributed by atoms with Crippen LogP contribution in [0.25, 0.3) is 0 Å². The maximum absolute atomic E-state index is 2.30. The minimum absolute atomic E-state index is 0. The van der Waals surface area contributed by atoms with Crippen LogP contribution in [0.2, 0.25) is 0 Å². The van der Waals surface area contributed by atoms with E-state index in [-0.39, 0.29) is 7.43 Å². The summed E-state index contributed by atoms with van der Waals surface area (Å²) in [5.74, 6) is 3.56. The molecule has 19 heavy (non-hydrogen) atoms. The van der Waals surface area contributed by atoms with E-state index in [1.54, 1.807) is 0 Å². The summed E-state index contributed by atoms with van der Waals surface area (Å²) in [6.07, 6.45) is 5.39. The average Bonchev–Trinajstić information content (AvgIpc) is 2.18. The van der Waals surface area contributed by atoms with Crippen LogP contribution in [0.1, 0.15) is 102 Å². The van der Waals surface area contributed by atoms with Crippen molar-refractivity contribution in [2.24, 2.45) is 23.7 Å². The molecule has 0 rings (SSSR count). The minimum Gasteiger partial charge on any atom is -0.0776 e. The van der Waals surface area contributed by atoms with Crippen molar-refractivity contribution in [1.82, 2.24) is 0 Å². The largest absolute Gasteiger partial charge is 0.0776 e. The van der Waals surface area contributed by atoms with Crippen molar-refractivity contribution in [3.63, 3.8) is 0 Å². The monoisotopic (exact) mass is 274 g/mol. The molecule has 0 atom stereocenters. The van der Waals surface area contributed by atoms with Crippen molar-refractivity contribution in [3.05, 3.63) is 0 Å². The standard InChI is InChI=1S/C8H18.C6H14.C4H10.CH4/c1-5-8(6-2)7(3)4;1-4-5-6(2)3;1-4(2)3;/h7-8H,5-6H2,1-4H3;6H,4-5H2,1-3H3;4H,1-3H3;1H4. The van der Waals surface area contributed by atoms with Crippen molar-refractivity contribution in [3.8, 4) is 0 Å². The molecule has 0 saturated carbocycles. The third kappa shape index (κ3) is 38.1. The normalized spacial score (nSPS) is 9.79. The molecule has 0 aromatic carbocycles. The summed E-state index contributed by atoms with van der Waals surface area (Å²) in [6.45, 7) is 22.4. The van der Waals surface area contributed by atoms with E-state index < -0.39 is 0 Å². The van der Waals surface area contributed by atoms with E-state index in [9.17, 15) is 0 Å². The maximum Gasteiger partial charge on any atom is -0.0396 e. The molecule has 0 radical (unpaired) electrons. The van der Waals surface area contributed by atoms with Crippen molar-refractivity contribution < 1.29 is 0 Å². The summed E-state index contributed by atoms with van der Waals surface area (Å²) < 4.78 is 0. The van der Waals surface area contributed by atoms with E-state index in [0.717, 1.165) is 23.7 Å². The van der Waals surface area contributed by atoms with Crippen molar-refractivity contribution in [2.75, 3.05) is 0 Å². The number of rotatable bonds is 5. The second kappa shape index (κ2) is 20.3. The van der Waals surface area contributed by atoms with E-state index in [0.29, 0.717) is 0 Å². The van der Waals surface area contributed by atoms with Crippen LogP contribution in [-0.2, 0) is 0 Å². The highest BCUT2D eigenvalue weighted by Crippen LogP contribution is 2.17. The number of hydrogen-bond acceptors (Lipinski definition) is 0. The van der Waals surface area contributed by atoms with Crippen molar-refractivity contribution in [2.45, 2.75) is 102 Å². The molecule has 0 aliphatic rings. The zero-order chi connectivity index (χ0) is 15.1. The van der Waals surface area contributed by atoms with E-state index in [2.05, 4.69) is 69.2 Å². The van der Waals surface area contributed by atoms with Gasteiger partial charge >= 0.3 is 0 Å². The second-order valence-corrected chi connectivity index (χ2v) is 6.74. The van der Waals surface area contributed by atoms with Gasteiger partial charge < -0.3 is 0 Å². The summed E-state index contributed by atoms with van der Waals surface area (Å²) in [4.78, 5) is 0. The molecule has 0 N–H and O–H groups in total. The lowest BCUT2D eigenvalue weighted by atomic mass is 9.91. The molecular weight excluding hydrogens is 228 g/mol. The van der Waals surface area contributed by atoms with Crippen LogP contribution in [0.15, 0.2) is 0 Å². The van der Waals surface area contributed by atoms with Crippen LogP contribution in [0.4, 0.5) is 0 Å². The molecule has 0 aromatic rings. The Morgan fingerprint density at radius 2 is 1.00 bits per heavy atom. The Labute approximate surface area is 126 Å². The Hall–Kier alpha value is 0. The zero-order valence-electron chi connectivity index (χ0n) is 15.1. The fourth-order valence-electron chi connectivity index (χ4n) is 1.81. The van der Waals surface area contributed by atoms with Gasteiger partial charge in [0, 0.05) is 0 Å². The van der Waals surface area contributed by atoms with Crippen LogP contribution in [-0.4, -0.2) is 0 Å². The predicted molar refractivity (Wildman–Crippen MR) is 95.9 cm³/mol. The lowest BCUT2D eigenvalue weighted by Gasteiger charge is -2.15. The highest BCUT2D eigenvalue weighted by atomic mass is 14.1. The summed E-state index contributed by atoms with van der Waals surface area (Å²) in [6, 6.07) is 0. The molecule has 0 fully saturated rings. The number of hydrogen-bond donors (Lipinski definition) is 0. The lowest BCUT2D eigenvalue weighted by Crippen LogP contribution is -2.04. The molecule has 0 heterocycles. The van der Waals surface area contributed by atoms with E-state index in [1.165, 1.54) is 25.7 Å². The van der Waals surface area contributed by atoms with Gasteiger partial charge in [0.2, 0.25) is 0 Å². The van der Waals surface area contributed by atoms with Gasteiger partial charge in [-0.3, -0.25) is 0 Å². The van der Waals surface area contributed by atoms with Gasteiger partial charge in [-0.2, -0.15) is 0 Å². The average molecular weight is 275 g/mol. The van der Waals surface area contributed by atoms with Gasteiger partial charge in [-0.1, -0.05) is 102 Å². The summed E-state index contributed by atoms with van der Waals surface area (Å²) in [7, 11) is 0. The fraction of sp³-hybridized carbons (Fsp3) is 1.00. The van der Waals surface area contributed by atoms with E-state index >= 15 is 0 Å². The minimum atomic E-state index is 0. The first-order valence-corrected chi connectivity index (χ1v) is 8.22. The molecule has 0 bridgehead atoms. The van der Waals surface area contributed by atoms with Gasteiger partial charge in [-0.25, -0.2) is 0 Å². The van der Waals surface area contributed by atoms with Crippen LogP contribution in [0.5, 0.6) is 0 Å².